The largest absolute Gasteiger partial charge is 0.496 e. The molecule has 0 saturated carbocycles. The third-order valence-corrected chi connectivity index (χ3v) is 4.39. The summed E-state index contributed by atoms with van der Waals surface area (Å²) in [5.74, 6) is 0.923. The Morgan fingerprint density at radius 3 is 2.65 bits per heavy atom. The van der Waals surface area contributed by atoms with E-state index < -0.39 is 0 Å². The lowest BCUT2D eigenvalue weighted by molar-refractivity contribution is 0.404. The van der Waals surface area contributed by atoms with Gasteiger partial charge in [-0.15, -0.1) is 11.3 Å². The minimum Gasteiger partial charge on any atom is -0.496 e. The fraction of sp³-hybridized carbons (Fsp3) is 0.438. The molecule has 1 aromatic carbocycles. The molecule has 20 heavy (non-hydrogen) atoms. The zero-order valence-electron chi connectivity index (χ0n) is 12.6. The highest BCUT2D eigenvalue weighted by atomic mass is 32.1. The van der Waals surface area contributed by atoms with Crippen molar-refractivity contribution in [1.82, 2.24) is 10.3 Å². The lowest BCUT2D eigenvalue weighted by Crippen LogP contribution is -2.23. The molecular formula is C16H22N2OS. The van der Waals surface area contributed by atoms with Gasteiger partial charge in [-0.05, 0) is 32.9 Å². The molecule has 1 N–H and O–H groups in total. The van der Waals surface area contributed by atoms with Crippen molar-refractivity contribution in [2.75, 3.05) is 13.7 Å². The van der Waals surface area contributed by atoms with Gasteiger partial charge < -0.3 is 10.1 Å². The predicted octanol–water partition coefficient (Wildman–Crippen LogP) is 3.86. The molecule has 0 saturated heterocycles. The topological polar surface area (TPSA) is 34.1 Å². The summed E-state index contributed by atoms with van der Waals surface area (Å²) in [6.45, 7) is 7.28. The van der Waals surface area contributed by atoms with E-state index in [1.165, 1.54) is 10.4 Å². The summed E-state index contributed by atoms with van der Waals surface area (Å²) >= 11 is 1.76. The van der Waals surface area contributed by atoms with Crippen LogP contribution in [-0.4, -0.2) is 18.6 Å². The zero-order chi connectivity index (χ0) is 14.5. The van der Waals surface area contributed by atoms with Crippen molar-refractivity contribution in [3.05, 3.63) is 45.4 Å². The molecule has 0 radical (unpaired) electrons. The van der Waals surface area contributed by atoms with Crippen molar-refractivity contribution in [3.63, 3.8) is 0 Å². The zero-order valence-corrected chi connectivity index (χ0v) is 13.4. The third kappa shape index (κ3) is 3.19. The molecule has 2 aromatic rings. The van der Waals surface area contributed by atoms with E-state index in [0.29, 0.717) is 0 Å². The molecule has 1 unspecified atom stereocenters. The highest BCUT2D eigenvalue weighted by Crippen LogP contribution is 2.34. The molecule has 0 amide bonds. The first-order valence-corrected chi connectivity index (χ1v) is 7.79. The smallest absolute Gasteiger partial charge is 0.124 e. The molecule has 0 bridgehead atoms. The van der Waals surface area contributed by atoms with Crippen LogP contribution in [0.25, 0.3) is 0 Å². The van der Waals surface area contributed by atoms with Crippen molar-refractivity contribution in [2.45, 2.75) is 33.2 Å². The van der Waals surface area contributed by atoms with Gasteiger partial charge in [0.25, 0.3) is 0 Å². The normalized spacial score (nSPS) is 12.4. The fourth-order valence-electron chi connectivity index (χ4n) is 2.35. The maximum Gasteiger partial charge on any atom is 0.124 e. The molecule has 1 atom stereocenters. The predicted molar refractivity (Wildman–Crippen MR) is 84.7 cm³/mol. The van der Waals surface area contributed by atoms with Crippen LogP contribution in [0, 0.1) is 13.8 Å². The number of ether oxygens (including phenoxy) is 1. The number of aromatic nitrogens is 1. The van der Waals surface area contributed by atoms with E-state index in [4.69, 9.17) is 4.74 Å². The van der Waals surface area contributed by atoms with Gasteiger partial charge in [0.1, 0.15) is 5.75 Å². The van der Waals surface area contributed by atoms with Gasteiger partial charge in [0.15, 0.2) is 0 Å². The Balaban J connectivity index is 2.44. The van der Waals surface area contributed by atoms with Crippen molar-refractivity contribution in [2.24, 2.45) is 0 Å². The average Bonchev–Trinajstić information content (AvgIpc) is 2.79. The highest BCUT2D eigenvalue weighted by molar-refractivity contribution is 7.11. The Morgan fingerprint density at radius 1 is 1.30 bits per heavy atom. The highest BCUT2D eigenvalue weighted by Gasteiger charge is 2.21. The summed E-state index contributed by atoms with van der Waals surface area (Å²) in [6.07, 6.45) is 1.10. The van der Waals surface area contributed by atoms with Gasteiger partial charge in [-0.2, -0.15) is 0 Å². The molecule has 0 aliphatic heterocycles. The van der Waals surface area contributed by atoms with Crippen LogP contribution >= 0.6 is 11.3 Å². The van der Waals surface area contributed by atoms with Gasteiger partial charge in [-0.3, -0.25) is 0 Å². The van der Waals surface area contributed by atoms with E-state index in [1.54, 1.807) is 18.4 Å². The summed E-state index contributed by atoms with van der Waals surface area (Å²) in [7, 11) is 1.72. The molecule has 1 aromatic heterocycles. The Kier molecular flexibility index (Phi) is 5.15. The number of aryl methyl sites for hydroxylation is 2. The third-order valence-electron chi connectivity index (χ3n) is 3.25. The second-order valence-corrected chi connectivity index (χ2v) is 6.05. The molecule has 2 rings (SSSR count). The Hall–Kier alpha value is -1.39. The van der Waals surface area contributed by atoms with Gasteiger partial charge in [0, 0.05) is 10.4 Å². The minimum absolute atomic E-state index is 0.150. The first-order valence-electron chi connectivity index (χ1n) is 6.97. The SMILES string of the molecule is CCCNC(c1ccccc1OC)c1sc(C)nc1C. The van der Waals surface area contributed by atoms with Crippen molar-refractivity contribution in [3.8, 4) is 5.75 Å². The lowest BCUT2D eigenvalue weighted by atomic mass is 10.0. The van der Waals surface area contributed by atoms with E-state index in [-0.39, 0.29) is 6.04 Å². The summed E-state index contributed by atoms with van der Waals surface area (Å²) < 4.78 is 5.52. The van der Waals surface area contributed by atoms with Gasteiger partial charge >= 0.3 is 0 Å². The number of nitrogens with one attached hydrogen (secondary N) is 1. The van der Waals surface area contributed by atoms with Crippen LogP contribution in [0.15, 0.2) is 24.3 Å². The van der Waals surface area contributed by atoms with Gasteiger partial charge in [0.2, 0.25) is 0 Å². The molecule has 0 spiro atoms. The van der Waals surface area contributed by atoms with Gasteiger partial charge in [-0.1, -0.05) is 25.1 Å². The van der Waals surface area contributed by atoms with Crippen molar-refractivity contribution >= 4 is 11.3 Å². The van der Waals surface area contributed by atoms with E-state index in [9.17, 15) is 0 Å². The van der Waals surface area contributed by atoms with Crippen LogP contribution in [0.3, 0.4) is 0 Å². The summed E-state index contributed by atoms with van der Waals surface area (Å²) in [4.78, 5) is 5.84. The van der Waals surface area contributed by atoms with Crippen LogP contribution in [0.4, 0.5) is 0 Å². The van der Waals surface area contributed by atoms with Crippen molar-refractivity contribution in [1.29, 1.82) is 0 Å². The molecule has 108 valence electrons. The number of benzene rings is 1. The first kappa shape index (κ1) is 15.0. The summed E-state index contributed by atoms with van der Waals surface area (Å²) in [5, 5.41) is 4.73. The second-order valence-electron chi connectivity index (χ2n) is 4.81. The number of rotatable bonds is 6. The van der Waals surface area contributed by atoms with Crippen LogP contribution in [0.2, 0.25) is 0 Å². The van der Waals surface area contributed by atoms with Crippen LogP contribution in [0.5, 0.6) is 5.75 Å². The van der Waals surface area contributed by atoms with Gasteiger partial charge in [0.05, 0.1) is 23.9 Å². The molecule has 0 aliphatic carbocycles. The number of para-hydroxylation sites is 1. The Bertz CT molecular complexity index is 565. The first-order chi connectivity index (χ1) is 9.67. The van der Waals surface area contributed by atoms with E-state index in [1.807, 2.05) is 12.1 Å². The molecular weight excluding hydrogens is 268 g/mol. The molecule has 1 heterocycles. The maximum atomic E-state index is 5.52. The van der Waals surface area contributed by atoms with Crippen LogP contribution in [0.1, 0.15) is 40.5 Å². The fourth-order valence-corrected chi connectivity index (χ4v) is 3.37. The van der Waals surface area contributed by atoms with Crippen LogP contribution < -0.4 is 10.1 Å². The van der Waals surface area contributed by atoms with Crippen molar-refractivity contribution < 1.29 is 4.74 Å². The molecule has 0 fully saturated rings. The van der Waals surface area contributed by atoms with Crippen LogP contribution in [-0.2, 0) is 0 Å². The average molecular weight is 290 g/mol. The summed E-state index contributed by atoms with van der Waals surface area (Å²) in [5.41, 5.74) is 2.28. The molecule has 0 aliphatic rings. The number of hydrogen-bond donors (Lipinski definition) is 1. The number of thiazole rings is 1. The standard InChI is InChI=1S/C16H22N2OS/c1-5-10-17-15(16-11(2)18-12(3)20-16)13-8-6-7-9-14(13)19-4/h6-9,15,17H,5,10H2,1-4H3. The van der Waals surface area contributed by atoms with Gasteiger partial charge in [-0.25, -0.2) is 4.98 Å². The monoisotopic (exact) mass is 290 g/mol. The maximum absolute atomic E-state index is 5.52. The lowest BCUT2D eigenvalue weighted by Gasteiger charge is -2.20. The Morgan fingerprint density at radius 2 is 2.05 bits per heavy atom. The quantitative estimate of drug-likeness (QED) is 0.877. The van der Waals surface area contributed by atoms with E-state index in [0.717, 1.165) is 29.4 Å². The number of methoxy groups -OCH3 is 1. The second kappa shape index (κ2) is 6.86. The summed E-state index contributed by atoms with van der Waals surface area (Å²) in [6, 6.07) is 8.35. The Labute approximate surface area is 125 Å². The minimum atomic E-state index is 0.150. The number of nitrogens with zero attached hydrogens (tertiary/aromatic N) is 1. The van der Waals surface area contributed by atoms with E-state index >= 15 is 0 Å². The van der Waals surface area contributed by atoms with E-state index in [2.05, 4.69) is 43.2 Å². The molecule has 3 nitrogen and oxygen atoms in total. The molecule has 4 heteroatoms. The number of hydrogen-bond acceptors (Lipinski definition) is 4.